The quantitative estimate of drug-likeness (QED) is 0.558. The number of halogens is 5. The number of aromatic nitrogens is 2. The maximum atomic E-state index is 14.5. The van der Waals surface area contributed by atoms with Crippen molar-refractivity contribution in [2.75, 3.05) is 0 Å². The molecule has 0 bridgehead atoms. The molecule has 0 radical (unpaired) electrons. The van der Waals surface area contributed by atoms with E-state index < -0.39 is 53.0 Å². The molecule has 1 aromatic heterocycles. The van der Waals surface area contributed by atoms with Gasteiger partial charge >= 0.3 is 12.1 Å². The first-order valence-electron chi connectivity index (χ1n) is 7.78. The number of benzene rings is 1. The molecule has 0 saturated carbocycles. The molecule has 0 atom stereocenters. The van der Waals surface area contributed by atoms with E-state index in [0.29, 0.717) is 6.20 Å². The van der Waals surface area contributed by atoms with Crippen LogP contribution in [0.2, 0.25) is 0 Å². The normalized spacial score (nSPS) is 12.1. The van der Waals surface area contributed by atoms with Gasteiger partial charge in [-0.15, -0.1) is 0 Å². The van der Waals surface area contributed by atoms with E-state index in [-0.39, 0.29) is 5.56 Å². The Morgan fingerprint density at radius 1 is 1.12 bits per heavy atom. The number of nitrogens with zero attached hydrogens (tertiary/aromatic N) is 2. The van der Waals surface area contributed by atoms with Gasteiger partial charge in [0.25, 0.3) is 0 Å². The van der Waals surface area contributed by atoms with E-state index in [1.54, 1.807) is 27.7 Å². The fourth-order valence-corrected chi connectivity index (χ4v) is 2.30. The van der Waals surface area contributed by atoms with E-state index in [0.717, 1.165) is 16.7 Å². The summed E-state index contributed by atoms with van der Waals surface area (Å²) < 4.78 is 73.6. The average Bonchev–Trinajstić information content (AvgIpc) is 2.90. The van der Waals surface area contributed by atoms with Gasteiger partial charge in [0.2, 0.25) is 0 Å². The zero-order chi connectivity index (χ0) is 19.8. The Morgan fingerprint density at radius 3 is 2.08 bits per heavy atom. The van der Waals surface area contributed by atoms with Crippen LogP contribution in [0.1, 0.15) is 49.8 Å². The number of carbonyl (C=O) groups excluding carboxylic acids is 1. The number of hydrogen-bond donors (Lipinski definition) is 0. The van der Waals surface area contributed by atoms with Gasteiger partial charge in [0.15, 0.2) is 5.69 Å². The van der Waals surface area contributed by atoms with Crippen molar-refractivity contribution < 1.29 is 31.5 Å². The smallest absolute Gasteiger partial charge is 0.434 e. The summed E-state index contributed by atoms with van der Waals surface area (Å²) in [6.45, 7) is 6.24. The van der Waals surface area contributed by atoms with Crippen LogP contribution >= 0.6 is 0 Å². The molecule has 2 rings (SSSR count). The molecule has 0 aliphatic carbocycles. The molecule has 2 aromatic rings. The number of ether oxygens (including phenoxy) is 1. The van der Waals surface area contributed by atoms with Crippen LogP contribution in [-0.2, 0) is 10.9 Å². The molecule has 0 unspecified atom stereocenters. The van der Waals surface area contributed by atoms with Gasteiger partial charge in [0.05, 0.1) is 17.2 Å². The van der Waals surface area contributed by atoms with E-state index >= 15 is 0 Å². The van der Waals surface area contributed by atoms with Gasteiger partial charge in [0.1, 0.15) is 17.5 Å². The van der Waals surface area contributed by atoms with Crippen LogP contribution in [-0.4, -0.2) is 21.6 Å². The highest BCUT2D eigenvalue weighted by Gasteiger charge is 2.36. The predicted octanol–water partition coefficient (Wildman–Crippen LogP) is 4.99. The van der Waals surface area contributed by atoms with Gasteiger partial charge in [-0.25, -0.2) is 18.6 Å². The van der Waals surface area contributed by atoms with Crippen molar-refractivity contribution in [3.8, 4) is 11.4 Å². The highest BCUT2D eigenvalue weighted by Crippen LogP contribution is 2.34. The van der Waals surface area contributed by atoms with E-state index in [1.165, 1.54) is 0 Å². The number of hydrogen-bond acceptors (Lipinski definition) is 3. The van der Waals surface area contributed by atoms with E-state index in [9.17, 15) is 26.7 Å². The van der Waals surface area contributed by atoms with Crippen molar-refractivity contribution in [1.82, 2.24) is 9.55 Å². The van der Waals surface area contributed by atoms with Gasteiger partial charge in [-0.3, -0.25) is 0 Å². The molecule has 26 heavy (non-hydrogen) atoms. The Kier molecular flexibility index (Phi) is 5.39. The molecule has 0 spiro atoms. The fourth-order valence-electron chi connectivity index (χ4n) is 2.30. The lowest BCUT2D eigenvalue weighted by Gasteiger charge is -2.13. The number of carbonyl (C=O) groups is 1. The molecule has 0 aliphatic heterocycles. The first-order chi connectivity index (χ1) is 11.9. The van der Waals surface area contributed by atoms with Gasteiger partial charge in [0, 0.05) is 12.2 Å². The summed E-state index contributed by atoms with van der Waals surface area (Å²) in [5.41, 5.74) is -2.38. The molecule has 1 heterocycles. The molecule has 0 amide bonds. The van der Waals surface area contributed by atoms with E-state index in [4.69, 9.17) is 4.74 Å². The highest BCUT2D eigenvalue weighted by atomic mass is 19.4. The SMILES string of the molecule is CC(C)OC(=O)c1cc(F)c(-c2nc(C(F)(F)F)cn2C(C)C)c(F)c1. The molecule has 142 valence electrons. The maximum absolute atomic E-state index is 14.5. The summed E-state index contributed by atoms with van der Waals surface area (Å²) in [5, 5.41) is 0. The van der Waals surface area contributed by atoms with Crippen molar-refractivity contribution in [3.05, 3.63) is 41.2 Å². The topological polar surface area (TPSA) is 44.1 Å². The van der Waals surface area contributed by atoms with Crippen LogP contribution in [0, 0.1) is 11.6 Å². The molecule has 0 aliphatic rings. The van der Waals surface area contributed by atoms with Crippen LogP contribution in [0.3, 0.4) is 0 Å². The van der Waals surface area contributed by atoms with Crippen molar-refractivity contribution >= 4 is 5.97 Å². The van der Waals surface area contributed by atoms with Crippen LogP contribution in [0.25, 0.3) is 11.4 Å². The molecular weight excluding hydrogens is 359 g/mol. The van der Waals surface area contributed by atoms with Crippen LogP contribution in [0.15, 0.2) is 18.3 Å². The number of rotatable bonds is 4. The van der Waals surface area contributed by atoms with Crippen molar-refractivity contribution in [2.24, 2.45) is 0 Å². The molecule has 0 fully saturated rings. The first-order valence-corrected chi connectivity index (χ1v) is 7.78. The summed E-state index contributed by atoms with van der Waals surface area (Å²) in [7, 11) is 0. The second kappa shape index (κ2) is 7.05. The average molecular weight is 376 g/mol. The summed E-state index contributed by atoms with van der Waals surface area (Å²) >= 11 is 0. The second-order valence-electron chi connectivity index (χ2n) is 6.22. The summed E-state index contributed by atoms with van der Waals surface area (Å²) in [5.74, 6) is -3.86. The third-order valence-corrected chi connectivity index (χ3v) is 3.42. The second-order valence-corrected chi connectivity index (χ2v) is 6.22. The lowest BCUT2D eigenvalue weighted by molar-refractivity contribution is -0.140. The Morgan fingerprint density at radius 2 is 1.65 bits per heavy atom. The third-order valence-electron chi connectivity index (χ3n) is 3.42. The molecule has 1 aromatic carbocycles. The van der Waals surface area contributed by atoms with Crippen molar-refractivity contribution in [3.63, 3.8) is 0 Å². The number of alkyl halides is 3. The molecule has 0 N–H and O–H groups in total. The van der Waals surface area contributed by atoms with Gasteiger partial charge < -0.3 is 9.30 Å². The molecule has 0 saturated heterocycles. The summed E-state index contributed by atoms with van der Waals surface area (Å²) in [6, 6.07) is 0.906. The lowest BCUT2D eigenvalue weighted by atomic mass is 10.1. The maximum Gasteiger partial charge on any atom is 0.434 e. The summed E-state index contributed by atoms with van der Waals surface area (Å²) in [6.07, 6.45) is -4.56. The zero-order valence-electron chi connectivity index (χ0n) is 14.5. The fraction of sp³-hybridized carbons (Fsp3) is 0.412. The summed E-state index contributed by atoms with van der Waals surface area (Å²) in [4.78, 5) is 15.2. The Hall–Kier alpha value is -2.45. The molecule has 4 nitrogen and oxygen atoms in total. The zero-order valence-corrected chi connectivity index (χ0v) is 14.5. The van der Waals surface area contributed by atoms with E-state index in [1.807, 2.05) is 0 Å². The van der Waals surface area contributed by atoms with Crippen molar-refractivity contribution in [2.45, 2.75) is 46.0 Å². The standard InChI is InChI=1S/C17H17F5N2O2/c1-8(2)24-7-13(17(20,21)22)23-15(24)14-11(18)5-10(6-12(14)19)16(25)26-9(3)4/h5-9H,1-4H3. The van der Waals surface area contributed by atoms with Crippen LogP contribution < -0.4 is 0 Å². The first kappa shape index (κ1) is 19.9. The number of esters is 1. The molecular formula is C17H17F5N2O2. The number of imidazole rings is 1. The third kappa shape index (κ3) is 4.03. The highest BCUT2D eigenvalue weighted by molar-refractivity contribution is 5.90. The minimum atomic E-state index is -4.76. The monoisotopic (exact) mass is 376 g/mol. The molecule has 9 heteroatoms. The van der Waals surface area contributed by atoms with Gasteiger partial charge in [-0.1, -0.05) is 0 Å². The minimum absolute atomic E-state index is 0.379. The van der Waals surface area contributed by atoms with Crippen LogP contribution in [0.5, 0.6) is 0 Å². The van der Waals surface area contributed by atoms with Gasteiger partial charge in [-0.05, 0) is 39.8 Å². The Balaban J connectivity index is 2.59. The van der Waals surface area contributed by atoms with Crippen LogP contribution in [0.4, 0.5) is 22.0 Å². The van der Waals surface area contributed by atoms with Gasteiger partial charge in [-0.2, -0.15) is 13.2 Å². The minimum Gasteiger partial charge on any atom is -0.459 e. The predicted molar refractivity (Wildman–Crippen MR) is 83.5 cm³/mol. The Labute approximate surface area is 146 Å². The largest absolute Gasteiger partial charge is 0.459 e. The Bertz CT molecular complexity index is 802. The van der Waals surface area contributed by atoms with E-state index in [2.05, 4.69) is 4.98 Å². The van der Waals surface area contributed by atoms with Crippen molar-refractivity contribution in [1.29, 1.82) is 0 Å². The lowest BCUT2D eigenvalue weighted by Crippen LogP contribution is -2.13.